The summed E-state index contributed by atoms with van der Waals surface area (Å²) >= 11 is 0. The van der Waals surface area contributed by atoms with Gasteiger partial charge in [-0.15, -0.1) is 0 Å². The zero-order valence-corrected chi connectivity index (χ0v) is 53.3. The molecule has 3 saturated heterocycles. The van der Waals surface area contributed by atoms with Crippen molar-refractivity contribution in [3.63, 3.8) is 0 Å². The van der Waals surface area contributed by atoms with Crippen LogP contribution in [0.25, 0.3) is 10.9 Å². The number of pyridine rings is 2. The third-order valence-corrected chi connectivity index (χ3v) is 19.8. The fourth-order valence-corrected chi connectivity index (χ4v) is 13.4. The van der Waals surface area contributed by atoms with Gasteiger partial charge < -0.3 is 34.4 Å². The van der Waals surface area contributed by atoms with E-state index in [1.54, 1.807) is 56.1 Å². The lowest BCUT2D eigenvalue weighted by atomic mass is 9.91. The average molecular weight is 1210 g/mol. The van der Waals surface area contributed by atoms with Gasteiger partial charge >= 0.3 is 6.09 Å². The number of fused-ring (bicyclic) bond motifs is 2. The lowest BCUT2D eigenvalue weighted by Gasteiger charge is -2.48. The largest absolute Gasteiger partial charge is 0.492 e. The Morgan fingerprint density at radius 3 is 2.23 bits per heavy atom. The van der Waals surface area contributed by atoms with E-state index < -0.39 is 20.2 Å². The second kappa shape index (κ2) is 25.0. The van der Waals surface area contributed by atoms with Crippen molar-refractivity contribution in [3.05, 3.63) is 113 Å². The number of nitrogens with one attached hydrogen (secondary N) is 2. The Kier molecular flexibility index (Phi) is 18.0. The number of sulfone groups is 1. The number of halogens is 1. The average Bonchev–Trinajstić information content (AvgIpc) is 1.91. The monoisotopic (exact) mass is 1210 g/mol. The van der Waals surface area contributed by atoms with E-state index in [9.17, 15) is 27.2 Å². The van der Waals surface area contributed by atoms with Crippen molar-refractivity contribution in [1.29, 1.82) is 0 Å². The maximum absolute atomic E-state index is 14.7. The fraction of sp³-hybridized carbons (Fsp3) is 0.531. The summed E-state index contributed by atoms with van der Waals surface area (Å²) in [4.78, 5) is 75.9. The molecule has 4 aliphatic heterocycles. The molecule has 10 rings (SSSR count). The van der Waals surface area contributed by atoms with Crippen molar-refractivity contribution in [2.75, 3.05) is 107 Å². The van der Waals surface area contributed by atoms with Gasteiger partial charge in [-0.05, 0) is 130 Å². The SMILES string of the molecule is Cc1[nH]nc(Nc2ncnc3cc(OCCCN4CCN(c5ccc(C(=O)N6CCN(C[C@H]7CN(C(=O)OC(C)(C)C)[C@H](C)CN7CC(=O)N7CC(C)(C)c8ncc(Cc9ccc(F)cc9)cc87)C(C)C6)cn5)CC4)c(S(=O)(=O)C(C)(C)C)cc23)c1C. The molecule has 0 spiro atoms. The number of aromatic nitrogens is 6. The van der Waals surface area contributed by atoms with Gasteiger partial charge in [0.05, 0.1) is 40.4 Å². The highest BCUT2D eigenvalue weighted by molar-refractivity contribution is 7.92. The Balaban J connectivity index is 0.728. The lowest BCUT2D eigenvalue weighted by Crippen LogP contribution is -2.65. The molecule has 4 aromatic heterocycles. The number of carbonyl (C=O) groups is 3. The quantitative estimate of drug-likeness (QED) is 0.0873. The first kappa shape index (κ1) is 62.7. The van der Waals surface area contributed by atoms with Crippen LogP contribution in [-0.2, 0) is 31.2 Å². The summed E-state index contributed by atoms with van der Waals surface area (Å²) in [5.74, 6) is 1.68. The molecule has 0 radical (unpaired) electrons. The number of hydrogen-bond donors (Lipinski definition) is 2. The Labute approximate surface area is 510 Å². The van der Waals surface area contributed by atoms with E-state index in [0.29, 0.717) is 93.4 Å². The van der Waals surface area contributed by atoms with Gasteiger partial charge in [-0.3, -0.25) is 34.4 Å². The number of piperazine rings is 3. The zero-order chi connectivity index (χ0) is 62.3. The molecule has 6 aromatic rings. The fourth-order valence-electron chi connectivity index (χ4n) is 12.1. The minimum atomic E-state index is -3.84. The van der Waals surface area contributed by atoms with Crippen molar-refractivity contribution in [2.45, 2.75) is 135 Å². The third-order valence-electron chi connectivity index (χ3n) is 17.3. The molecular formula is C64H85FN14O7S. The smallest absolute Gasteiger partial charge is 0.410 e. The summed E-state index contributed by atoms with van der Waals surface area (Å²) in [5.41, 5.74) is 5.39. The summed E-state index contributed by atoms with van der Waals surface area (Å²) in [5, 5.41) is 11.1. The second-order valence-electron chi connectivity index (χ2n) is 26.6. The van der Waals surface area contributed by atoms with E-state index in [-0.39, 0.29) is 64.5 Å². The first-order valence-electron chi connectivity index (χ1n) is 30.3. The first-order valence-corrected chi connectivity index (χ1v) is 31.8. The molecule has 8 heterocycles. The molecule has 466 valence electrons. The zero-order valence-electron chi connectivity index (χ0n) is 52.5. The Morgan fingerprint density at radius 1 is 0.816 bits per heavy atom. The number of carbonyl (C=O) groups excluding carboxylic acids is 3. The number of hydrogen-bond acceptors (Lipinski definition) is 17. The minimum Gasteiger partial charge on any atom is -0.492 e. The van der Waals surface area contributed by atoms with Crippen LogP contribution in [-0.4, -0.2) is 201 Å². The molecule has 1 unspecified atom stereocenters. The summed E-state index contributed by atoms with van der Waals surface area (Å²) < 4.78 is 52.9. The first-order chi connectivity index (χ1) is 41.1. The molecule has 4 aliphatic rings. The number of aryl methyl sites for hydroxylation is 1. The summed E-state index contributed by atoms with van der Waals surface area (Å²) in [7, 11) is -3.84. The van der Waals surface area contributed by atoms with Crippen LogP contribution in [0.15, 0.2) is 78.2 Å². The maximum Gasteiger partial charge on any atom is 0.410 e. The van der Waals surface area contributed by atoms with Crippen molar-refractivity contribution in [2.24, 2.45) is 0 Å². The van der Waals surface area contributed by atoms with Crippen LogP contribution >= 0.6 is 0 Å². The van der Waals surface area contributed by atoms with Crippen LogP contribution in [0.2, 0.25) is 0 Å². The van der Waals surface area contributed by atoms with Gasteiger partial charge in [0.1, 0.15) is 40.0 Å². The Bertz CT molecular complexity index is 3600. The molecule has 23 heteroatoms. The van der Waals surface area contributed by atoms with Crippen LogP contribution < -0.4 is 19.9 Å². The van der Waals surface area contributed by atoms with Crippen LogP contribution in [0, 0.1) is 19.7 Å². The maximum atomic E-state index is 14.7. The molecule has 3 fully saturated rings. The predicted octanol–water partition coefficient (Wildman–Crippen LogP) is 8.18. The number of ether oxygens (including phenoxy) is 2. The summed E-state index contributed by atoms with van der Waals surface area (Å²) in [6.07, 6.45) is 5.81. The molecule has 3 atom stereocenters. The van der Waals surface area contributed by atoms with Gasteiger partial charge in [0.15, 0.2) is 15.7 Å². The predicted molar refractivity (Wildman–Crippen MR) is 334 cm³/mol. The number of aromatic amines is 1. The lowest BCUT2D eigenvalue weighted by molar-refractivity contribution is -0.121. The van der Waals surface area contributed by atoms with Crippen LogP contribution in [0.4, 0.5) is 32.3 Å². The molecular weight excluding hydrogens is 1130 g/mol. The molecule has 2 aromatic carbocycles. The number of anilines is 4. The minimum absolute atomic E-state index is 0.0173. The van der Waals surface area contributed by atoms with Gasteiger partial charge in [0.2, 0.25) is 5.91 Å². The highest BCUT2D eigenvalue weighted by Crippen LogP contribution is 2.41. The van der Waals surface area contributed by atoms with Gasteiger partial charge in [0.25, 0.3) is 5.91 Å². The van der Waals surface area contributed by atoms with Gasteiger partial charge in [0, 0.05) is 137 Å². The number of benzene rings is 2. The van der Waals surface area contributed by atoms with E-state index in [1.165, 1.54) is 18.5 Å². The number of H-pyrrole nitrogens is 1. The molecule has 87 heavy (non-hydrogen) atoms. The Morgan fingerprint density at radius 2 is 1.56 bits per heavy atom. The van der Waals surface area contributed by atoms with Crippen LogP contribution in [0.5, 0.6) is 5.75 Å². The Hall–Kier alpha value is -7.34. The van der Waals surface area contributed by atoms with Crippen molar-refractivity contribution >= 4 is 61.8 Å². The van der Waals surface area contributed by atoms with Crippen LogP contribution in [0.1, 0.15) is 114 Å². The topological polar surface area (TPSA) is 219 Å². The van der Waals surface area contributed by atoms with Gasteiger partial charge in [-0.25, -0.2) is 32.6 Å². The summed E-state index contributed by atoms with van der Waals surface area (Å²) in [6, 6.07) is 15.1. The van der Waals surface area contributed by atoms with Gasteiger partial charge in [-0.2, -0.15) is 5.10 Å². The molecule has 3 amide bonds. The summed E-state index contributed by atoms with van der Waals surface area (Å²) in [6.45, 7) is 30.6. The van der Waals surface area contributed by atoms with Crippen LogP contribution in [0.3, 0.4) is 0 Å². The highest BCUT2D eigenvalue weighted by Gasteiger charge is 2.44. The third kappa shape index (κ3) is 14.0. The molecule has 0 saturated carbocycles. The molecule has 0 aliphatic carbocycles. The van der Waals surface area contributed by atoms with E-state index >= 15 is 0 Å². The van der Waals surface area contributed by atoms with E-state index in [2.05, 4.69) is 65.9 Å². The van der Waals surface area contributed by atoms with Crippen molar-refractivity contribution in [1.82, 2.24) is 54.6 Å². The number of amides is 3. The van der Waals surface area contributed by atoms with E-state index in [0.717, 1.165) is 72.3 Å². The van der Waals surface area contributed by atoms with Gasteiger partial charge in [-0.1, -0.05) is 26.0 Å². The second-order valence-corrected chi connectivity index (χ2v) is 29.2. The highest BCUT2D eigenvalue weighted by atomic mass is 32.2. The normalized spacial score (nSPS) is 19.8. The number of rotatable bonds is 16. The molecule has 0 bridgehead atoms. The molecule has 21 nitrogen and oxygen atoms in total. The number of nitrogens with zero attached hydrogens (tertiary/aromatic N) is 12. The standard InChI is InChI=1S/C64H85FN14O7S/c1-41-34-76(26-25-75(41)36-49-37-78(61(82)86-62(5,6)7)42(2)35-77(49)38-56(80)79-39-64(11,12)57-52(79)29-46(32-67-57)28-45-14-17-48(65)18-15-45)60(81)47-16-19-55(66-33-47)74-23-21-73(22-24-74)20-13-27-85-53-31-51-50(30-54(53)87(83,84)63(8,9)10)59(69-40-68-51)70-58-43(3)44(4)71-72-58/h14-19,29-33,40-42,49H,13,20-28,34-39H2,1-12H3,(H2,68,69,70,71,72)/t41?,42-,49+/m1/s1. The van der Waals surface area contributed by atoms with Crippen molar-refractivity contribution < 1.29 is 36.7 Å². The van der Waals surface area contributed by atoms with E-state index in [1.807, 2.05) is 75.7 Å². The van der Waals surface area contributed by atoms with E-state index in [4.69, 9.17) is 19.4 Å². The molecule has 2 N–H and O–H groups in total. The van der Waals surface area contributed by atoms with Crippen molar-refractivity contribution in [3.8, 4) is 5.75 Å².